The van der Waals surface area contributed by atoms with Gasteiger partial charge in [0.25, 0.3) is 0 Å². The molecule has 152 valence electrons. The second-order valence-corrected chi connectivity index (χ2v) is 8.49. The average molecular weight is 481 g/mol. The Labute approximate surface area is 188 Å². The summed E-state index contributed by atoms with van der Waals surface area (Å²) in [6.45, 7) is 4.48. The first kappa shape index (κ1) is 20.6. The van der Waals surface area contributed by atoms with Crippen LogP contribution in [0.3, 0.4) is 0 Å². The maximum atomic E-state index is 5.85. The topological polar surface area (TPSA) is 52.3 Å². The normalized spacial score (nSPS) is 11.4. The van der Waals surface area contributed by atoms with Gasteiger partial charge in [0.05, 0.1) is 12.8 Å². The van der Waals surface area contributed by atoms with Crippen LogP contribution in [0.1, 0.15) is 23.9 Å². The van der Waals surface area contributed by atoms with E-state index in [1.807, 2.05) is 50.4 Å². The van der Waals surface area contributed by atoms with Crippen molar-refractivity contribution in [1.29, 1.82) is 0 Å². The molecule has 0 bridgehead atoms. The molecular formula is C23H21BrN4OS. The van der Waals surface area contributed by atoms with E-state index in [4.69, 9.17) is 9.84 Å². The Morgan fingerprint density at radius 3 is 2.67 bits per heavy atom. The van der Waals surface area contributed by atoms with E-state index in [0.29, 0.717) is 6.61 Å². The highest BCUT2D eigenvalue weighted by atomic mass is 79.9. The van der Waals surface area contributed by atoms with E-state index in [1.54, 1.807) is 16.4 Å². The zero-order valence-corrected chi connectivity index (χ0v) is 19.2. The highest BCUT2D eigenvalue weighted by molar-refractivity contribution is 9.10. The number of halogens is 1. The first-order valence-electron chi connectivity index (χ1n) is 9.64. The SMILES string of the molecule is CCOc1ccc2ccccc2c1/C=N\n1c(C)nnc1SCc1ccc(Br)cc1. The molecule has 0 N–H and O–H groups in total. The summed E-state index contributed by atoms with van der Waals surface area (Å²) in [4.78, 5) is 0. The highest BCUT2D eigenvalue weighted by Gasteiger charge is 2.11. The molecule has 3 aromatic carbocycles. The number of aryl methyl sites for hydroxylation is 1. The summed E-state index contributed by atoms with van der Waals surface area (Å²) in [6, 6.07) is 20.6. The average Bonchev–Trinajstić information content (AvgIpc) is 3.12. The number of thioether (sulfide) groups is 1. The Morgan fingerprint density at radius 1 is 1.07 bits per heavy atom. The number of rotatable bonds is 7. The molecule has 0 radical (unpaired) electrons. The Morgan fingerprint density at radius 2 is 1.87 bits per heavy atom. The molecule has 4 aromatic rings. The highest BCUT2D eigenvalue weighted by Crippen LogP contribution is 2.27. The van der Waals surface area contributed by atoms with Crippen LogP contribution in [0.2, 0.25) is 0 Å². The van der Waals surface area contributed by atoms with Gasteiger partial charge in [-0.3, -0.25) is 0 Å². The van der Waals surface area contributed by atoms with Gasteiger partial charge >= 0.3 is 0 Å². The first-order valence-corrected chi connectivity index (χ1v) is 11.4. The van der Waals surface area contributed by atoms with E-state index in [-0.39, 0.29) is 0 Å². The lowest BCUT2D eigenvalue weighted by Crippen LogP contribution is -2.00. The molecule has 4 rings (SSSR count). The molecule has 0 amide bonds. The second kappa shape index (κ2) is 9.45. The molecule has 1 aromatic heterocycles. The number of benzene rings is 3. The number of hydrogen-bond donors (Lipinski definition) is 0. The van der Waals surface area contributed by atoms with Crippen molar-refractivity contribution in [3.05, 3.63) is 82.1 Å². The molecule has 5 nitrogen and oxygen atoms in total. The molecule has 30 heavy (non-hydrogen) atoms. The van der Waals surface area contributed by atoms with E-state index >= 15 is 0 Å². The molecular weight excluding hydrogens is 460 g/mol. The Kier molecular flexibility index (Phi) is 6.50. The summed E-state index contributed by atoms with van der Waals surface area (Å²) in [5.41, 5.74) is 2.17. The van der Waals surface area contributed by atoms with Gasteiger partial charge in [0, 0.05) is 15.8 Å². The summed E-state index contributed by atoms with van der Waals surface area (Å²) in [6.07, 6.45) is 1.84. The van der Waals surface area contributed by atoms with Crippen LogP contribution in [0.5, 0.6) is 5.75 Å². The molecule has 0 saturated carbocycles. The molecule has 0 aliphatic carbocycles. The zero-order valence-electron chi connectivity index (χ0n) is 16.7. The van der Waals surface area contributed by atoms with E-state index in [0.717, 1.165) is 43.3 Å². The van der Waals surface area contributed by atoms with Crippen molar-refractivity contribution in [2.75, 3.05) is 6.61 Å². The van der Waals surface area contributed by atoms with Crippen LogP contribution in [0.25, 0.3) is 10.8 Å². The fraction of sp³-hybridized carbons (Fsp3) is 0.174. The Hall–Kier alpha value is -2.64. The molecule has 0 fully saturated rings. The van der Waals surface area contributed by atoms with Gasteiger partial charge in [-0.15, -0.1) is 10.2 Å². The van der Waals surface area contributed by atoms with Crippen molar-refractivity contribution in [2.45, 2.75) is 24.8 Å². The van der Waals surface area contributed by atoms with Gasteiger partial charge in [-0.25, -0.2) is 0 Å². The standard InChI is InChI=1S/C23H21BrN4OS/c1-3-29-22-13-10-18-6-4-5-7-20(18)21(22)14-25-28-16(2)26-27-23(28)30-15-17-8-11-19(24)12-9-17/h4-14H,3,15H2,1-2H3/b25-14-. The van der Waals surface area contributed by atoms with Gasteiger partial charge < -0.3 is 4.74 Å². The maximum Gasteiger partial charge on any atom is 0.212 e. The van der Waals surface area contributed by atoms with Gasteiger partial charge in [0.2, 0.25) is 5.16 Å². The van der Waals surface area contributed by atoms with Crippen LogP contribution in [0.15, 0.2) is 75.4 Å². The minimum atomic E-state index is 0.596. The lowest BCUT2D eigenvalue weighted by molar-refractivity contribution is 0.340. The van der Waals surface area contributed by atoms with Gasteiger partial charge in [-0.2, -0.15) is 9.78 Å². The number of aromatic nitrogens is 3. The minimum Gasteiger partial charge on any atom is -0.493 e. The number of hydrogen-bond acceptors (Lipinski definition) is 5. The van der Waals surface area contributed by atoms with Crippen LogP contribution < -0.4 is 4.74 Å². The zero-order chi connectivity index (χ0) is 20.9. The summed E-state index contributed by atoms with van der Waals surface area (Å²) in [7, 11) is 0. The Bertz CT molecular complexity index is 1190. The van der Waals surface area contributed by atoms with Crippen LogP contribution in [0.4, 0.5) is 0 Å². The second-order valence-electron chi connectivity index (χ2n) is 6.63. The lowest BCUT2D eigenvalue weighted by Gasteiger charge is -2.10. The minimum absolute atomic E-state index is 0.596. The van der Waals surface area contributed by atoms with Gasteiger partial charge in [-0.1, -0.05) is 70.2 Å². The van der Waals surface area contributed by atoms with Crippen molar-refractivity contribution >= 4 is 44.7 Å². The molecule has 0 saturated heterocycles. The molecule has 0 spiro atoms. The smallest absolute Gasteiger partial charge is 0.212 e. The summed E-state index contributed by atoms with van der Waals surface area (Å²) in [5, 5.41) is 16.2. The van der Waals surface area contributed by atoms with E-state index in [2.05, 4.69) is 56.5 Å². The third kappa shape index (κ3) is 4.57. The van der Waals surface area contributed by atoms with E-state index in [1.165, 1.54) is 5.56 Å². The molecule has 0 atom stereocenters. The van der Waals surface area contributed by atoms with Crippen molar-refractivity contribution in [1.82, 2.24) is 14.9 Å². The van der Waals surface area contributed by atoms with Gasteiger partial charge in [-0.05, 0) is 48.4 Å². The van der Waals surface area contributed by atoms with Crippen molar-refractivity contribution < 1.29 is 4.74 Å². The molecule has 0 unspecified atom stereocenters. The molecule has 0 aliphatic heterocycles. The monoisotopic (exact) mass is 480 g/mol. The van der Waals surface area contributed by atoms with E-state index < -0.39 is 0 Å². The Balaban J connectivity index is 1.64. The number of fused-ring (bicyclic) bond motifs is 1. The molecule has 7 heteroatoms. The molecule has 1 heterocycles. The van der Waals surface area contributed by atoms with E-state index in [9.17, 15) is 0 Å². The fourth-order valence-corrected chi connectivity index (χ4v) is 4.25. The van der Waals surface area contributed by atoms with Crippen LogP contribution in [-0.2, 0) is 5.75 Å². The van der Waals surface area contributed by atoms with Crippen LogP contribution >= 0.6 is 27.7 Å². The van der Waals surface area contributed by atoms with Crippen molar-refractivity contribution in [3.8, 4) is 5.75 Å². The third-order valence-electron chi connectivity index (χ3n) is 4.58. The quantitative estimate of drug-likeness (QED) is 0.237. The number of ether oxygens (including phenoxy) is 1. The molecule has 0 aliphatic rings. The summed E-state index contributed by atoms with van der Waals surface area (Å²) in [5.74, 6) is 2.34. The van der Waals surface area contributed by atoms with Crippen molar-refractivity contribution in [3.63, 3.8) is 0 Å². The first-order chi connectivity index (χ1) is 14.7. The van der Waals surface area contributed by atoms with Gasteiger partial charge in [0.1, 0.15) is 5.75 Å². The predicted molar refractivity (Wildman–Crippen MR) is 127 cm³/mol. The fourth-order valence-electron chi connectivity index (χ4n) is 3.10. The predicted octanol–water partition coefficient (Wildman–Crippen LogP) is 6.08. The van der Waals surface area contributed by atoms with Crippen molar-refractivity contribution in [2.24, 2.45) is 5.10 Å². The number of nitrogens with zero attached hydrogens (tertiary/aromatic N) is 4. The maximum absolute atomic E-state index is 5.85. The lowest BCUT2D eigenvalue weighted by atomic mass is 10.0. The third-order valence-corrected chi connectivity index (χ3v) is 6.10. The van der Waals surface area contributed by atoms with Gasteiger partial charge in [0.15, 0.2) is 5.82 Å². The largest absolute Gasteiger partial charge is 0.493 e. The van der Waals surface area contributed by atoms with Crippen LogP contribution in [0, 0.1) is 6.92 Å². The summed E-state index contributed by atoms with van der Waals surface area (Å²) < 4.78 is 8.70. The summed E-state index contributed by atoms with van der Waals surface area (Å²) >= 11 is 5.08. The van der Waals surface area contributed by atoms with Crippen LogP contribution in [-0.4, -0.2) is 27.7 Å².